The van der Waals surface area contributed by atoms with E-state index in [4.69, 9.17) is 0 Å². The Balaban J connectivity index is 1.30. The smallest absolute Gasteiger partial charge is 0.155 e. The maximum Gasteiger partial charge on any atom is 0.155 e. The van der Waals surface area contributed by atoms with Gasteiger partial charge in [0, 0.05) is 25.2 Å². The Labute approximate surface area is 147 Å². The van der Waals surface area contributed by atoms with Crippen molar-refractivity contribution in [2.75, 3.05) is 24.5 Å². The summed E-state index contributed by atoms with van der Waals surface area (Å²) in [7, 11) is 0. The van der Waals surface area contributed by atoms with E-state index >= 15 is 0 Å². The first kappa shape index (κ1) is 14.9. The Morgan fingerprint density at radius 1 is 1.04 bits per heavy atom. The molecule has 4 heterocycles. The number of rotatable bonds is 3. The van der Waals surface area contributed by atoms with Crippen LogP contribution in [0, 0.1) is 6.92 Å². The minimum Gasteiger partial charge on any atom is -0.367 e. The van der Waals surface area contributed by atoms with Crippen molar-refractivity contribution in [1.82, 2.24) is 19.5 Å². The second-order valence-corrected chi connectivity index (χ2v) is 7.21. The lowest BCUT2D eigenvalue weighted by Crippen LogP contribution is -2.59. The summed E-state index contributed by atoms with van der Waals surface area (Å²) in [6.45, 7) is 5.36. The molecule has 2 aliphatic heterocycles. The minimum absolute atomic E-state index is 0.591. The molecule has 1 atom stereocenters. The molecule has 5 nitrogen and oxygen atoms in total. The molecule has 1 aromatic carbocycles. The molecule has 2 fully saturated rings. The number of pyridine rings is 1. The molecule has 5 rings (SSSR count). The normalized spacial score (nSPS) is 21.8. The predicted octanol–water partition coefficient (Wildman–Crippen LogP) is 3.06. The Kier molecular flexibility index (Phi) is 3.48. The van der Waals surface area contributed by atoms with Crippen molar-refractivity contribution in [3.63, 3.8) is 0 Å². The van der Waals surface area contributed by atoms with E-state index in [0.29, 0.717) is 12.1 Å². The van der Waals surface area contributed by atoms with Crippen molar-refractivity contribution < 1.29 is 0 Å². The highest BCUT2D eigenvalue weighted by Gasteiger charge is 2.38. The van der Waals surface area contributed by atoms with Gasteiger partial charge in [0.05, 0.1) is 11.9 Å². The van der Waals surface area contributed by atoms with Gasteiger partial charge < -0.3 is 4.90 Å². The number of aryl methyl sites for hydroxylation is 1. The minimum atomic E-state index is 0.591. The number of nitrogens with zero attached hydrogens (tertiary/aromatic N) is 5. The van der Waals surface area contributed by atoms with Crippen LogP contribution in [0.2, 0.25) is 0 Å². The molecule has 0 saturated carbocycles. The van der Waals surface area contributed by atoms with Crippen LogP contribution in [0.5, 0.6) is 0 Å². The summed E-state index contributed by atoms with van der Waals surface area (Å²) < 4.78 is 1.89. The van der Waals surface area contributed by atoms with Crippen molar-refractivity contribution >= 4 is 11.3 Å². The Hall–Kier alpha value is -2.40. The number of likely N-dealkylation sites (tertiary alicyclic amines) is 1. The van der Waals surface area contributed by atoms with E-state index in [1.165, 1.54) is 30.6 Å². The molecule has 0 radical (unpaired) electrons. The number of fused-ring (bicyclic) bond motifs is 1. The molecular weight excluding hydrogens is 310 g/mol. The van der Waals surface area contributed by atoms with Crippen LogP contribution in [0.3, 0.4) is 0 Å². The third-order valence-electron chi connectivity index (χ3n) is 5.60. The van der Waals surface area contributed by atoms with E-state index < -0.39 is 0 Å². The van der Waals surface area contributed by atoms with Crippen LogP contribution in [0.1, 0.15) is 30.3 Å². The molecule has 1 unspecified atom stereocenters. The monoisotopic (exact) mass is 333 g/mol. The summed E-state index contributed by atoms with van der Waals surface area (Å²) in [5.74, 6) is 0.821. The Morgan fingerprint density at radius 2 is 1.88 bits per heavy atom. The largest absolute Gasteiger partial charge is 0.367 e. The molecule has 2 saturated heterocycles. The molecule has 25 heavy (non-hydrogen) atoms. The zero-order chi connectivity index (χ0) is 16.8. The molecule has 0 bridgehead atoms. The second-order valence-electron chi connectivity index (χ2n) is 7.21. The molecule has 0 N–H and O–H groups in total. The van der Waals surface area contributed by atoms with Gasteiger partial charge in [-0.1, -0.05) is 30.3 Å². The first-order valence-electron chi connectivity index (χ1n) is 9.16. The summed E-state index contributed by atoms with van der Waals surface area (Å²) in [5, 5.41) is 4.43. The number of anilines is 1. The zero-order valence-corrected chi connectivity index (χ0v) is 14.5. The molecule has 3 aromatic rings. The third-order valence-corrected chi connectivity index (χ3v) is 5.60. The quantitative estimate of drug-likeness (QED) is 0.738. The van der Waals surface area contributed by atoms with Crippen molar-refractivity contribution in [1.29, 1.82) is 0 Å². The summed E-state index contributed by atoms with van der Waals surface area (Å²) in [5.41, 5.74) is 3.63. The molecule has 2 aliphatic rings. The summed E-state index contributed by atoms with van der Waals surface area (Å²) in [4.78, 5) is 9.56. The van der Waals surface area contributed by atoms with E-state index in [-0.39, 0.29) is 0 Å². The second kappa shape index (κ2) is 5.85. The van der Waals surface area contributed by atoms with Gasteiger partial charge in [-0.3, -0.25) is 4.90 Å². The topological polar surface area (TPSA) is 36.7 Å². The SMILES string of the molecule is Cc1nc2ccc(N3CC(N4CCCC4c4ccccc4)C3)cn2n1. The van der Waals surface area contributed by atoms with Gasteiger partial charge in [-0.05, 0) is 44.0 Å². The summed E-state index contributed by atoms with van der Waals surface area (Å²) >= 11 is 0. The zero-order valence-electron chi connectivity index (χ0n) is 14.5. The summed E-state index contributed by atoms with van der Waals surface area (Å²) in [6.07, 6.45) is 4.69. The first-order valence-corrected chi connectivity index (χ1v) is 9.16. The van der Waals surface area contributed by atoms with E-state index in [2.05, 4.69) is 68.5 Å². The standard InChI is InChI=1S/C20H23N5/c1-15-21-20-10-9-17(14-25(20)22-15)23-12-18(13-23)24-11-5-8-19(24)16-6-3-2-4-7-16/h2-4,6-7,9-10,14,18-19H,5,8,11-13H2,1H3. The van der Waals surface area contributed by atoms with Crippen molar-refractivity contribution in [3.05, 3.63) is 60.0 Å². The van der Waals surface area contributed by atoms with Crippen molar-refractivity contribution in [2.24, 2.45) is 0 Å². The molecule has 0 amide bonds. The van der Waals surface area contributed by atoms with Crippen molar-refractivity contribution in [3.8, 4) is 0 Å². The van der Waals surface area contributed by atoms with E-state index in [1.54, 1.807) is 0 Å². The fourth-order valence-electron chi connectivity index (χ4n) is 4.31. The fraction of sp³-hybridized carbons (Fsp3) is 0.400. The average Bonchev–Trinajstić information content (AvgIpc) is 3.20. The highest BCUT2D eigenvalue weighted by Crippen LogP contribution is 2.36. The van der Waals surface area contributed by atoms with Crippen LogP contribution in [0.25, 0.3) is 5.65 Å². The van der Waals surface area contributed by atoms with E-state index in [1.807, 2.05) is 11.4 Å². The van der Waals surface area contributed by atoms with Crippen LogP contribution < -0.4 is 4.90 Å². The Morgan fingerprint density at radius 3 is 2.72 bits per heavy atom. The predicted molar refractivity (Wildman–Crippen MR) is 98.8 cm³/mol. The first-order chi connectivity index (χ1) is 12.3. The lowest BCUT2D eigenvalue weighted by Gasteiger charge is -2.47. The average molecular weight is 333 g/mol. The van der Waals surface area contributed by atoms with Gasteiger partial charge in [0.25, 0.3) is 0 Å². The Bertz CT molecular complexity index is 881. The van der Waals surface area contributed by atoms with Gasteiger partial charge in [0.2, 0.25) is 0 Å². The molecule has 0 spiro atoms. The van der Waals surface area contributed by atoms with Gasteiger partial charge in [0.15, 0.2) is 5.65 Å². The van der Waals surface area contributed by atoms with Crippen LogP contribution in [-0.2, 0) is 0 Å². The number of benzene rings is 1. The number of hydrogen-bond acceptors (Lipinski definition) is 4. The lowest BCUT2D eigenvalue weighted by atomic mass is 10.0. The van der Waals surface area contributed by atoms with Gasteiger partial charge in [-0.2, -0.15) is 5.10 Å². The highest BCUT2D eigenvalue weighted by atomic mass is 15.3. The van der Waals surface area contributed by atoms with Crippen LogP contribution in [0.4, 0.5) is 5.69 Å². The molecule has 2 aromatic heterocycles. The van der Waals surface area contributed by atoms with Crippen molar-refractivity contribution in [2.45, 2.75) is 31.8 Å². The van der Waals surface area contributed by atoms with E-state index in [0.717, 1.165) is 24.6 Å². The summed E-state index contributed by atoms with van der Waals surface area (Å²) in [6, 6.07) is 16.5. The number of aromatic nitrogens is 3. The maximum atomic E-state index is 4.43. The van der Waals surface area contributed by atoms with E-state index in [9.17, 15) is 0 Å². The lowest BCUT2D eigenvalue weighted by molar-refractivity contribution is 0.151. The van der Waals surface area contributed by atoms with Crippen LogP contribution in [0.15, 0.2) is 48.7 Å². The van der Waals surface area contributed by atoms with Gasteiger partial charge >= 0.3 is 0 Å². The fourth-order valence-corrected chi connectivity index (χ4v) is 4.31. The third kappa shape index (κ3) is 2.59. The van der Waals surface area contributed by atoms with Gasteiger partial charge in [-0.25, -0.2) is 9.50 Å². The maximum absolute atomic E-state index is 4.43. The van der Waals surface area contributed by atoms with Crippen LogP contribution >= 0.6 is 0 Å². The van der Waals surface area contributed by atoms with Crippen LogP contribution in [-0.4, -0.2) is 45.2 Å². The van der Waals surface area contributed by atoms with Gasteiger partial charge in [-0.15, -0.1) is 0 Å². The number of hydrogen-bond donors (Lipinski definition) is 0. The molecule has 5 heteroatoms. The molecule has 0 aliphatic carbocycles. The van der Waals surface area contributed by atoms with Gasteiger partial charge in [0.1, 0.15) is 5.82 Å². The highest BCUT2D eigenvalue weighted by molar-refractivity contribution is 5.53. The molecular formula is C20H23N5. The molecule has 128 valence electrons.